The van der Waals surface area contributed by atoms with Crippen LogP contribution in [0.3, 0.4) is 0 Å². The quantitative estimate of drug-likeness (QED) is 0.819. The molecule has 4 nitrogen and oxygen atoms in total. The summed E-state index contributed by atoms with van der Waals surface area (Å²) in [6, 6.07) is 9.36. The Morgan fingerprint density at radius 1 is 1.22 bits per heavy atom. The van der Waals surface area contributed by atoms with Crippen molar-refractivity contribution in [3.8, 4) is 11.5 Å². The third kappa shape index (κ3) is 4.05. The molecule has 0 aliphatic carbocycles. The molecule has 2 aromatic rings. The average Bonchev–Trinajstić information content (AvgIpc) is 2.52. The first-order chi connectivity index (χ1) is 11.0. The van der Waals surface area contributed by atoms with E-state index in [0.717, 1.165) is 16.8 Å². The van der Waals surface area contributed by atoms with Crippen molar-refractivity contribution in [1.82, 2.24) is 0 Å². The Hall–Kier alpha value is -2.01. The average molecular weight is 378 g/mol. The normalized spacial score (nSPS) is 10.3. The van der Waals surface area contributed by atoms with Gasteiger partial charge in [-0.1, -0.05) is 12.1 Å². The van der Waals surface area contributed by atoms with E-state index in [1.807, 2.05) is 39.0 Å². The Balaban J connectivity index is 2.32. The number of hydrogen-bond acceptors (Lipinski definition) is 3. The molecule has 0 unspecified atom stereocenters. The van der Waals surface area contributed by atoms with Crippen molar-refractivity contribution in [2.24, 2.45) is 0 Å². The van der Waals surface area contributed by atoms with Crippen LogP contribution < -0.4 is 14.8 Å². The third-order valence-corrected chi connectivity index (χ3v) is 4.01. The van der Waals surface area contributed by atoms with Gasteiger partial charge in [0.25, 0.3) is 5.91 Å². The monoisotopic (exact) mass is 377 g/mol. The summed E-state index contributed by atoms with van der Waals surface area (Å²) in [5, 5.41) is 2.94. The van der Waals surface area contributed by atoms with Gasteiger partial charge in [-0.3, -0.25) is 4.79 Å². The maximum Gasteiger partial charge on any atom is 0.255 e. The van der Waals surface area contributed by atoms with Crippen LogP contribution in [0.4, 0.5) is 5.69 Å². The van der Waals surface area contributed by atoms with Crippen molar-refractivity contribution in [2.75, 3.05) is 19.0 Å². The SMILES string of the molecule is CCOc1c(Br)cc(C(=O)Nc2cc(C)ccc2C)cc1OC. The summed E-state index contributed by atoms with van der Waals surface area (Å²) in [6.07, 6.45) is 0. The van der Waals surface area contributed by atoms with Gasteiger partial charge in [-0.25, -0.2) is 0 Å². The molecule has 2 aromatic carbocycles. The number of benzene rings is 2. The Morgan fingerprint density at radius 2 is 1.96 bits per heavy atom. The van der Waals surface area contributed by atoms with Gasteiger partial charge in [-0.2, -0.15) is 0 Å². The predicted octanol–water partition coefficient (Wildman–Crippen LogP) is 4.73. The lowest BCUT2D eigenvalue weighted by molar-refractivity contribution is 0.102. The van der Waals surface area contributed by atoms with Crippen LogP contribution in [0, 0.1) is 13.8 Å². The van der Waals surface area contributed by atoms with Gasteiger partial charge in [0.1, 0.15) is 0 Å². The molecule has 122 valence electrons. The molecule has 0 aromatic heterocycles. The summed E-state index contributed by atoms with van der Waals surface area (Å²) in [4.78, 5) is 12.5. The van der Waals surface area contributed by atoms with Crippen LogP contribution >= 0.6 is 15.9 Å². The molecule has 0 fully saturated rings. The second kappa shape index (κ2) is 7.51. The van der Waals surface area contributed by atoms with Gasteiger partial charge in [0, 0.05) is 11.3 Å². The number of hydrogen-bond donors (Lipinski definition) is 1. The molecule has 0 aliphatic rings. The lowest BCUT2D eigenvalue weighted by Crippen LogP contribution is -2.13. The zero-order chi connectivity index (χ0) is 17.0. The van der Waals surface area contributed by atoms with Crippen molar-refractivity contribution in [3.05, 3.63) is 51.5 Å². The van der Waals surface area contributed by atoms with Crippen molar-refractivity contribution in [1.29, 1.82) is 0 Å². The van der Waals surface area contributed by atoms with Crippen LogP contribution in [0.1, 0.15) is 28.4 Å². The van der Waals surface area contributed by atoms with Crippen LogP contribution in [-0.4, -0.2) is 19.6 Å². The minimum atomic E-state index is -0.194. The van der Waals surface area contributed by atoms with Gasteiger partial charge in [-0.15, -0.1) is 0 Å². The number of methoxy groups -OCH3 is 1. The molecule has 23 heavy (non-hydrogen) atoms. The number of halogens is 1. The van der Waals surface area contributed by atoms with Gasteiger partial charge >= 0.3 is 0 Å². The fraction of sp³-hybridized carbons (Fsp3) is 0.278. The molecule has 2 rings (SSSR count). The second-order valence-corrected chi connectivity index (χ2v) is 6.05. The molecular weight excluding hydrogens is 358 g/mol. The van der Waals surface area contributed by atoms with Crippen molar-refractivity contribution in [3.63, 3.8) is 0 Å². The number of carbonyl (C=O) groups is 1. The molecule has 0 heterocycles. The van der Waals surface area contributed by atoms with Crippen LogP contribution in [0.5, 0.6) is 11.5 Å². The number of nitrogens with one attached hydrogen (secondary N) is 1. The first-order valence-corrected chi connectivity index (χ1v) is 8.14. The first kappa shape index (κ1) is 17.3. The molecule has 0 bridgehead atoms. The Bertz CT molecular complexity index is 728. The Morgan fingerprint density at radius 3 is 2.61 bits per heavy atom. The maximum absolute atomic E-state index is 12.5. The number of rotatable bonds is 5. The molecule has 1 amide bonds. The molecular formula is C18H20BrNO3. The molecule has 0 saturated carbocycles. The van der Waals surface area contributed by atoms with Gasteiger partial charge < -0.3 is 14.8 Å². The molecule has 0 atom stereocenters. The van der Waals surface area contributed by atoms with E-state index in [4.69, 9.17) is 9.47 Å². The standard InChI is InChI=1S/C18H20BrNO3/c1-5-23-17-14(19)9-13(10-16(17)22-4)18(21)20-15-8-11(2)6-7-12(15)3/h6-10H,5H2,1-4H3,(H,20,21). The number of carbonyl (C=O) groups excluding carboxylic acids is 1. The van der Waals surface area contributed by atoms with Gasteiger partial charge in [0.2, 0.25) is 0 Å². The largest absolute Gasteiger partial charge is 0.493 e. The highest BCUT2D eigenvalue weighted by molar-refractivity contribution is 9.10. The molecule has 0 spiro atoms. The van der Waals surface area contributed by atoms with E-state index in [9.17, 15) is 4.79 Å². The van der Waals surface area contributed by atoms with Gasteiger partial charge in [0.05, 0.1) is 18.2 Å². The first-order valence-electron chi connectivity index (χ1n) is 7.35. The third-order valence-electron chi connectivity index (χ3n) is 3.42. The van der Waals surface area contributed by atoms with Crippen molar-refractivity contribution < 1.29 is 14.3 Å². The highest BCUT2D eigenvalue weighted by atomic mass is 79.9. The van der Waals surface area contributed by atoms with E-state index in [1.54, 1.807) is 19.2 Å². The van der Waals surface area contributed by atoms with E-state index >= 15 is 0 Å². The highest BCUT2D eigenvalue weighted by Crippen LogP contribution is 2.36. The zero-order valence-electron chi connectivity index (χ0n) is 13.7. The summed E-state index contributed by atoms with van der Waals surface area (Å²) in [5.41, 5.74) is 3.41. The molecule has 5 heteroatoms. The Kier molecular flexibility index (Phi) is 5.66. The van der Waals surface area contributed by atoms with E-state index in [1.165, 1.54) is 0 Å². The lowest BCUT2D eigenvalue weighted by Gasteiger charge is -2.14. The van der Waals surface area contributed by atoms with E-state index in [0.29, 0.717) is 28.1 Å². The lowest BCUT2D eigenvalue weighted by atomic mass is 10.1. The van der Waals surface area contributed by atoms with Crippen LogP contribution in [0.25, 0.3) is 0 Å². The summed E-state index contributed by atoms with van der Waals surface area (Å²) < 4.78 is 11.6. The van der Waals surface area contributed by atoms with Gasteiger partial charge in [-0.05, 0) is 66.0 Å². The molecule has 0 radical (unpaired) electrons. The minimum absolute atomic E-state index is 0.194. The maximum atomic E-state index is 12.5. The van der Waals surface area contributed by atoms with Crippen molar-refractivity contribution in [2.45, 2.75) is 20.8 Å². The van der Waals surface area contributed by atoms with Crippen LogP contribution in [0.15, 0.2) is 34.8 Å². The van der Waals surface area contributed by atoms with E-state index in [-0.39, 0.29) is 5.91 Å². The fourth-order valence-corrected chi connectivity index (χ4v) is 2.76. The number of amides is 1. The molecule has 1 N–H and O–H groups in total. The number of aryl methyl sites for hydroxylation is 2. The summed E-state index contributed by atoms with van der Waals surface area (Å²) in [7, 11) is 1.55. The molecule has 0 saturated heterocycles. The smallest absolute Gasteiger partial charge is 0.255 e. The van der Waals surface area contributed by atoms with Crippen LogP contribution in [0.2, 0.25) is 0 Å². The second-order valence-electron chi connectivity index (χ2n) is 5.19. The number of ether oxygens (including phenoxy) is 2. The van der Waals surface area contributed by atoms with Crippen molar-refractivity contribution >= 4 is 27.5 Å². The highest BCUT2D eigenvalue weighted by Gasteiger charge is 2.16. The minimum Gasteiger partial charge on any atom is -0.493 e. The summed E-state index contributed by atoms with van der Waals surface area (Å²) >= 11 is 3.43. The summed E-state index contributed by atoms with van der Waals surface area (Å²) in [5.74, 6) is 0.923. The van der Waals surface area contributed by atoms with Crippen LogP contribution in [-0.2, 0) is 0 Å². The predicted molar refractivity (Wildman–Crippen MR) is 95.7 cm³/mol. The topological polar surface area (TPSA) is 47.6 Å². The fourth-order valence-electron chi connectivity index (χ4n) is 2.20. The van der Waals surface area contributed by atoms with Gasteiger partial charge in [0.15, 0.2) is 11.5 Å². The number of anilines is 1. The zero-order valence-corrected chi connectivity index (χ0v) is 15.3. The Labute approximate surface area is 144 Å². The van der Waals surface area contributed by atoms with E-state index < -0.39 is 0 Å². The summed E-state index contributed by atoms with van der Waals surface area (Å²) in [6.45, 7) is 6.37. The molecule has 0 aliphatic heterocycles. The van der Waals surface area contributed by atoms with E-state index in [2.05, 4.69) is 21.2 Å².